The maximum atomic E-state index is 6.03. The lowest BCUT2D eigenvalue weighted by molar-refractivity contribution is 0.414. The molecule has 19 heavy (non-hydrogen) atoms. The van der Waals surface area contributed by atoms with Crippen molar-refractivity contribution in [2.45, 2.75) is 4.83 Å². The van der Waals surface area contributed by atoms with Gasteiger partial charge in [-0.25, -0.2) is 0 Å². The van der Waals surface area contributed by atoms with Gasteiger partial charge in [0.25, 0.3) is 0 Å². The molecule has 1 atom stereocenters. The van der Waals surface area contributed by atoms with Crippen molar-refractivity contribution in [1.29, 1.82) is 0 Å². The van der Waals surface area contributed by atoms with E-state index in [2.05, 4.69) is 31.9 Å². The van der Waals surface area contributed by atoms with Crippen molar-refractivity contribution < 1.29 is 4.74 Å². The molecule has 1 unspecified atom stereocenters. The van der Waals surface area contributed by atoms with E-state index in [0.29, 0.717) is 10.0 Å². The first kappa shape index (κ1) is 15.2. The fourth-order valence-electron chi connectivity index (χ4n) is 1.74. The van der Waals surface area contributed by atoms with Crippen molar-refractivity contribution in [3.8, 4) is 5.75 Å². The number of benzene rings is 2. The molecule has 0 N–H and O–H groups in total. The molecule has 0 amide bonds. The van der Waals surface area contributed by atoms with Gasteiger partial charge >= 0.3 is 0 Å². The van der Waals surface area contributed by atoms with Crippen LogP contribution in [-0.4, -0.2) is 7.11 Å². The number of ether oxygens (including phenoxy) is 1. The fraction of sp³-hybridized carbons (Fsp3) is 0.143. The second-order valence-electron chi connectivity index (χ2n) is 3.95. The molecule has 5 heteroatoms. The average molecular weight is 425 g/mol. The van der Waals surface area contributed by atoms with Gasteiger partial charge in [0.15, 0.2) is 0 Å². The third-order valence-electron chi connectivity index (χ3n) is 2.66. The van der Waals surface area contributed by atoms with Gasteiger partial charge in [0.1, 0.15) is 5.75 Å². The SMILES string of the molecule is COc1ccc(C(Br)c2cc(Cl)cc(Cl)c2)c(Br)c1. The van der Waals surface area contributed by atoms with E-state index < -0.39 is 0 Å². The summed E-state index contributed by atoms with van der Waals surface area (Å²) in [5.41, 5.74) is 2.09. The summed E-state index contributed by atoms with van der Waals surface area (Å²) < 4.78 is 6.15. The lowest BCUT2D eigenvalue weighted by Crippen LogP contribution is -1.95. The Hall–Kier alpha value is -0.220. The second kappa shape index (κ2) is 6.49. The summed E-state index contributed by atoms with van der Waals surface area (Å²) in [6.07, 6.45) is 0. The van der Waals surface area contributed by atoms with Gasteiger partial charge in [0.2, 0.25) is 0 Å². The number of rotatable bonds is 3. The van der Waals surface area contributed by atoms with E-state index in [1.165, 1.54) is 0 Å². The fourth-order valence-corrected chi connectivity index (χ4v) is 3.84. The van der Waals surface area contributed by atoms with Gasteiger partial charge in [-0.2, -0.15) is 0 Å². The van der Waals surface area contributed by atoms with Gasteiger partial charge < -0.3 is 4.74 Å². The quantitative estimate of drug-likeness (QED) is 0.529. The molecule has 0 bridgehead atoms. The molecular formula is C14H10Br2Cl2O. The maximum absolute atomic E-state index is 6.03. The predicted molar refractivity (Wildman–Crippen MR) is 87.9 cm³/mol. The maximum Gasteiger partial charge on any atom is 0.120 e. The minimum absolute atomic E-state index is 0.00369. The Labute approximate surface area is 139 Å². The highest BCUT2D eigenvalue weighted by molar-refractivity contribution is 9.11. The Morgan fingerprint density at radius 3 is 2.21 bits per heavy atom. The highest BCUT2D eigenvalue weighted by Gasteiger charge is 2.15. The van der Waals surface area contributed by atoms with Gasteiger partial charge in [-0.05, 0) is 41.5 Å². The Bertz CT molecular complexity index is 582. The number of halogens is 4. The van der Waals surface area contributed by atoms with Crippen molar-refractivity contribution >= 4 is 55.1 Å². The molecule has 1 nitrogen and oxygen atoms in total. The van der Waals surface area contributed by atoms with Gasteiger partial charge in [-0.15, -0.1) is 0 Å². The van der Waals surface area contributed by atoms with Gasteiger partial charge in [-0.3, -0.25) is 0 Å². The molecule has 0 spiro atoms. The Kier molecular flexibility index (Phi) is 5.18. The van der Waals surface area contributed by atoms with Crippen LogP contribution in [0.1, 0.15) is 16.0 Å². The van der Waals surface area contributed by atoms with Crippen molar-refractivity contribution in [1.82, 2.24) is 0 Å². The minimum Gasteiger partial charge on any atom is -0.497 e. The van der Waals surface area contributed by atoms with Crippen molar-refractivity contribution in [2.75, 3.05) is 7.11 Å². The zero-order chi connectivity index (χ0) is 14.0. The summed E-state index contributed by atoms with van der Waals surface area (Å²) in [6, 6.07) is 11.3. The first-order chi connectivity index (χ1) is 9.01. The number of hydrogen-bond donors (Lipinski definition) is 0. The molecule has 0 aliphatic carbocycles. The summed E-state index contributed by atoms with van der Waals surface area (Å²) >= 11 is 19.3. The van der Waals surface area contributed by atoms with Gasteiger partial charge in [0, 0.05) is 14.5 Å². The monoisotopic (exact) mass is 422 g/mol. The van der Waals surface area contributed by atoms with Crippen LogP contribution in [0.3, 0.4) is 0 Å². The number of methoxy groups -OCH3 is 1. The van der Waals surface area contributed by atoms with Crippen LogP contribution in [0, 0.1) is 0 Å². The Morgan fingerprint density at radius 2 is 1.68 bits per heavy atom. The highest BCUT2D eigenvalue weighted by atomic mass is 79.9. The lowest BCUT2D eigenvalue weighted by atomic mass is 10.0. The molecule has 0 heterocycles. The minimum atomic E-state index is 0.00369. The third kappa shape index (κ3) is 3.66. The standard InChI is InChI=1S/C14H10Br2Cl2O/c1-19-11-2-3-12(13(15)7-11)14(16)8-4-9(17)6-10(18)5-8/h2-7,14H,1H3. The molecule has 100 valence electrons. The zero-order valence-corrected chi connectivity index (χ0v) is 14.6. The smallest absolute Gasteiger partial charge is 0.120 e. The van der Waals surface area contributed by atoms with Crippen molar-refractivity contribution in [2.24, 2.45) is 0 Å². The predicted octanol–water partition coefficient (Wildman–Crippen LogP) is 6.25. The van der Waals surface area contributed by atoms with E-state index in [4.69, 9.17) is 27.9 Å². The summed E-state index contributed by atoms with van der Waals surface area (Å²) in [4.78, 5) is 0.00369. The number of hydrogen-bond acceptors (Lipinski definition) is 1. The van der Waals surface area contributed by atoms with Crippen LogP contribution in [0.2, 0.25) is 10.0 Å². The average Bonchev–Trinajstić information content (AvgIpc) is 2.36. The summed E-state index contributed by atoms with van der Waals surface area (Å²) in [7, 11) is 1.64. The van der Waals surface area contributed by atoms with E-state index in [0.717, 1.165) is 21.3 Å². The topological polar surface area (TPSA) is 9.23 Å². The van der Waals surface area contributed by atoms with Crippen LogP contribution < -0.4 is 4.74 Å². The number of alkyl halides is 1. The summed E-state index contributed by atoms with van der Waals surface area (Å²) in [5.74, 6) is 0.805. The van der Waals surface area contributed by atoms with Crippen LogP contribution in [0.25, 0.3) is 0 Å². The zero-order valence-electron chi connectivity index (χ0n) is 9.96. The van der Waals surface area contributed by atoms with E-state index in [9.17, 15) is 0 Å². The van der Waals surface area contributed by atoms with Crippen LogP contribution in [-0.2, 0) is 0 Å². The molecule has 0 aliphatic rings. The van der Waals surface area contributed by atoms with Gasteiger partial charge in [0.05, 0.1) is 11.9 Å². The normalized spacial score (nSPS) is 12.3. The molecule has 2 rings (SSSR count). The van der Waals surface area contributed by atoms with E-state index in [-0.39, 0.29) is 4.83 Å². The summed E-state index contributed by atoms with van der Waals surface area (Å²) in [6.45, 7) is 0. The van der Waals surface area contributed by atoms with E-state index in [1.54, 1.807) is 13.2 Å². The molecular weight excluding hydrogens is 415 g/mol. The molecule has 0 saturated carbocycles. The van der Waals surface area contributed by atoms with Gasteiger partial charge in [-0.1, -0.05) is 61.1 Å². The lowest BCUT2D eigenvalue weighted by Gasteiger charge is -2.14. The van der Waals surface area contributed by atoms with E-state index in [1.807, 2.05) is 30.3 Å². The Balaban J connectivity index is 2.40. The van der Waals surface area contributed by atoms with Crippen molar-refractivity contribution in [3.05, 3.63) is 62.0 Å². The molecule has 0 saturated heterocycles. The largest absolute Gasteiger partial charge is 0.497 e. The highest BCUT2D eigenvalue weighted by Crippen LogP contribution is 2.38. The second-order valence-corrected chi connectivity index (χ2v) is 6.60. The third-order valence-corrected chi connectivity index (χ3v) is 4.80. The molecule has 2 aromatic carbocycles. The molecule has 2 aromatic rings. The van der Waals surface area contributed by atoms with Crippen LogP contribution in [0.15, 0.2) is 40.9 Å². The van der Waals surface area contributed by atoms with Crippen LogP contribution in [0.4, 0.5) is 0 Å². The summed E-state index contributed by atoms with van der Waals surface area (Å²) in [5, 5.41) is 1.24. The molecule has 0 aromatic heterocycles. The van der Waals surface area contributed by atoms with E-state index >= 15 is 0 Å². The molecule has 0 fully saturated rings. The first-order valence-corrected chi connectivity index (χ1v) is 7.91. The van der Waals surface area contributed by atoms with Crippen LogP contribution in [0.5, 0.6) is 5.75 Å². The Morgan fingerprint density at radius 1 is 1.05 bits per heavy atom. The molecule has 0 aliphatic heterocycles. The van der Waals surface area contributed by atoms with Crippen molar-refractivity contribution in [3.63, 3.8) is 0 Å². The first-order valence-electron chi connectivity index (χ1n) is 5.44. The molecule has 0 radical (unpaired) electrons. The van der Waals surface area contributed by atoms with Crippen LogP contribution >= 0.6 is 55.1 Å².